The van der Waals surface area contributed by atoms with Gasteiger partial charge in [-0.05, 0) is 44.7 Å². The monoisotopic (exact) mass is 299 g/mol. The molecule has 3 rings (SSSR count). The fraction of sp³-hybridized carbons (Fsp3) is 0.462. The Morgan fingerprint density at radius 2 is 2.32 bits per heavy atom. The van der Waals surface area contributed by atoms with Crippen molar-refractivity contribution in [2.75, 3.05) is 13.6 Å². The number of nitrogens with one attached hydrogen (secondary N) is 1. The van der Waals surface area contributed by atoms with Gasteiger partial charge in [0.15, 0.2) is 4.77 Å². The normalized spacial score (nSPS) is 20.5. The first-order valence-electron chi connectivity index (χ1n) is 6.34. The molecule has 0 radical (unpaired) electrons. The molecule has 1 fully saturated rings. The van der Waals surface area contributed by atoms with Crippen LogP contribution < -0.4 is 0 Å². The summed E-state index contributed by atoms with van der Waals surface area (Å²) in [6, 6.07) is 3.53. The summed E-state index contributed by atoms with van der Waals surface area (Å²) in [4.78, 5) is 5.38. The van der Waals surface area contributed by atoms with Crippen molar-refractivity contribution in [2.24, 2.45) is 0 Å². The summed E-state index contributed by atoms with van der Waals surface area (Å²) in [7, 11) is 2.13. The third-order valence-corrected chi connectivity index (χ3v) is 4.49. The molecule has 1 unspecified atom stereocenters. The molecule has 19 heavy (non-hydrogen) atoms. The molecule has 1 saturated heterocycles. The van der Waals surface area contributed by atoms with E-state index in [4.69, 9.17) is 23.8 Å². The molecule has 1 aliphatic heterocycles. The van der Waals surface area contributed by atoms with E-state index in [0.29, 0.717) is 16.3 Å². The average Bonchev–Trinajstić information content (AvgIpc) is 2.88. The van der Waals surface area contributed by atoms with Crippen LogP contribution >= 0.6 is 23.8 Å². The number of hydrogen-bond donors (Lipinski definition) is 1. The number of aromatic nitrogens is 2. The Kier molecular flexibility index (Phi) is 3.37. The first-order chi connectivity index (χ1) is 9.06. The number of rotatable bonds is 2. The van der Waals surface area contributed by atoms with Gasteiger partial charge in [-0.15, -0.1) is 0 Å². The zero-order valence-electron chi connectivity index (χ0n) is 10.6. The molecule has 6 heteroatoms. The highest BCUT2D eigenvalue weighted by atomic mass is 35.5. The van der Waals surface area contributed by atoms with Crippen molar-refractivity contribution in [3.05, 3.63) is 27.7 Å². The third-order valence-electron chi connectivity index (χ3n) is 3.88. The zero-order valence-corrected chi connectivity index (χ0v) is 12.2. The van der Waals surface area contributed by atoms with Crippen LogP contribution in [0.5, 0.6) is 0 Å². The number of nitrogens with zero attached hydrogens (tertiary/aromatic N) is 2. The molecule has 0 aliphatic carbocycles. The van der Waals surface area contributed by atoms with Gasteiger partial charge in [-0.3, -0.25) is 0 Å². The highest BCUT2D eigenvalue weighted by molar-refractivity contribution is 7.71. The van der Waals surface area contributed by atoms with Crippen LogP contribution in [0.25, 0.3) is 11.0 Å². The SMILES string of the molecule is CN1CCCC1Cn1c(=S)[nH]c2cc(F)c(Cl)cc21. The molecular weight excluding hydrogens is 285 g/mol. The van der Waals surface area contributed by atoms with Crippen LogP contribution in [0.2, 0.25) is 5.02 Å². The third kappa shape index (κ3) is 2.30. The van der Waals surface area contributed by atoms with Gasteiger partial charge in [0.2, 0.25) is 0 Å². The topological polar surface area (TPSA) is 24.0 Å². The van der Waals surface area contributed by atoms with E-state index in [-0.39, 0.29) is 5.02 Å². The molecule has 0 bridgehead atoms. The molecule has 102 valence electrons. The van der Waals surface area contributed by atoms with E-state index in [1.165, 1.54) is 18.9 Å². The number of likely N-dealkylation sites (tertiary alicyclic amines) is 1. The first kappa shape index (κ1) is 13.1. The molecule has 3 nitrogen and oxygen atoms in total. The maximum atomic E-state index is 13.5. The standard InChI is InChI=1S/C13H15ClFN3S/c1-17-4-2-3-8(17)7-18-12-5-9(14)10(15)6-11(12)16-13(18)19/h5-6,8H,2-4,7H2,1H3,(H,16,19). The molecule has 1 aromatic carbocycles. The maximum absolute atomic E-state index is 13.5. The van der Waals surface area contributed by atoms with Crippen molar-refractivity contribution in [3.63, 3.8) is 0 Å². The second kappa shape index (κ2) is 4.89. The summed E-state index contributed by atoms with van der Waals surface area (Å²) in [5, 5.41) is 0.134. The summed E-state index contributed by atoms with van der Waals surface area (Å²) in [5.41, 5.74) is 1.57. The lowest BCUT2D eigenvalue weighted by molar-refractivity contribution is 0.283. The van der Waals surface area contributed by atoms with Crippen LogP contribution in [0.3, 0.4) is 0 Å². The molecule has 1 atom stereocenters. The lowest BCUT2D eigenvalue weighted by Crippen LogP contribution is -2.29. The molecule has 1 N–H and O–H groups in total. The quantitative estimate of drug-likeness (QED) is 0.857. The largest absolute Gasteiger partial charge is 0.330 e. The van der Waals surface area contributed by atoms with E-state index >= 15 is 0 Å². The lowest BCUT2D eigenvalue weighted by Gasteiger charge is -2.20. The predicted molar refractivity (Wildman–Crippen MR) is 77.7 cm³/mol. The number of likely N-dealkylation sites (N-methyl/N-ethyl adjacent to an activating group) is 1. The Morgan fingerprint density at radius 1 is 1.53 bits per heavy atom. The van der Waals surface area contributed by atoms with E-state index < -0.39 is 5.82 Å². The smallest absolute Gasteiger partial charge is 0.178 e. The lowest BCUT2D eigenvalue weighted by atomic mass is 10.2. The van der Waals surface area contributed by atoms with Crippen LogP contribution in [-0.2, 0) is 6.54 Å². The molecule has 0 saturated carbocycles. The van der Waals surface area contributed by atoms with Gasteiger partial charge in [-0.2, -0.15) is 0 Å². The van der Waals surface area contributed by atoms with E-state index in [9.17, 15) is 4.39 Å². The number of aromatic amines is 1. The zero-order chi connectivity index (χ0) is 13.6. The van der Waals surface area contributed by atoms with Crippen LogP contribution in [-0.4, -0.2) is 34.1 Å². The van der Waals surface area contributed by atoms with E-state index in [1.54, 1.807) is 6.07 Å². The highest BCUT2D eigenvalue weighted by Gasteiger charge is 2.22. The Morgan fingerprint density at radius 3 is 3.00 bits per heavy atom. The Bertz CT molecular complexity index is 678. The molecule has 0 spiro atoms. The van der Waals surface area contributed by atoms with Crippen molar-refractivity contribution in [1.29, 1.82) is 0 Å². The van der Waals surface area contributed by atoms with Crippen LogP contribution in [0.1, 0.15) is 12.8 Å². The maximum Gasteiger partial charge on any atom is 0.178 e. The second-order valence-corrected chi connectivity index (χ2v) is 5.89. The number of fused-ring (bicyclic) bond motifs is 1. The Balaban J connectivity index is 2.05. The Hall–Kier alpha value is -0.910. The predicted octanol–water partition coefficient (Wildman–Crippen LogP) is 3.59. The van der Waals surface area contributed by atoms with Crippen molar-refractivity contribution in [1.82, 2.24) is 14.5 Å². The molecule has 2 heterocycles. The molecular formula is C13H15ClFN3S. The molecule has 0 amide bonds. The van der Waals surface area contributed by atoms with Crippen molar-refractivity contribution in [3.8, 4) is 0 Å². The van der Waals surface area contributed by atoms with E-state index in [2.05, 4.69) is 16.9 Å². The molecule has 1 aliphatic rings. The van der Waals surface area contributed by atoms with Crippen LogP contribution in [0.15, 0.2) is 12.1 Å². The fourth-order valence-corrected chi connectivity index (χ4v) is 3.19. The summed E-state index contributed by atoms with van der Waals surface area (Å²) < 4.78 is 16.1. The van der Waals surface area contributed by atoms with Gasteiger partial charge >= 0.3 is 0 Å². The van der Waals surface area contributed by atoms with Gasteiger partial charge in [0.25, 0.3) is 0 Å². The van der Waals surface area contributed by atoms with Crippen molar-refractivity contribution < 1.29 is 4.39 Å². The van der Waals surface area contributed by atoms with Crippen molar-refractivity contribution in [2.45, 2.75) is 25.4 Å². The van der Waals surface area contributed by atoms with Crippen LogP contribution in [0, 0.1) is 10.6 Å². The van der Waals surface area contributed by atoms with E-state index in [1.807, 2.05) is 4.57 Å². The van der Waals surface area contributed by atoms with Gasteiger partial charge in [0.1, 0.15) is 5.82 Å². The summed E-state index contributed by atoms with van der Waals surface area (Å²) >= 11 is 11.2. The molecule has 1 aromatic heterocycles. The van der Waals surface area contributed by atoms with Gasteiger partial charge < -0.3 is 14.5 Å². The second-order valence-electron chi connectivity index (χ2n) is 5.10. The highest BCUT2D eigenvalue weighted by Crippen LogP contribution is 2.25. The number of benzene rings is 1. The first-order valence-corrected chi connectivity index (χ1v) is 7.12. The summed E-state index contributed by atoms with van der Waals surface area (Å²) in [6.07, 6.45) is 2.38. The summed E-state index contributed by atoms with van der Waals surface area (Å²) in [5.74, 6) is -0.421. The Labute approximate surface area is 121 Å². The minimum atomic E-state index is -0.421. The van der Waals surface area contributed by atoms with Crippen molar-refractivity contribution >= 4 is 34.9 Å². The minimum Gasteiger partial charge on any atom is -0.330 e. The number of imidazole rings is 1. The number of halogens is 2. The van der Waals surface area contributed by atoms with Gasteiger partial charge in [0, 0.05) is 18.7 Å². The minimum absolute atomic E-state index is 0.134. The van der Waals surface area contributed by atoms with Gasteiger partial charge in [0.05, 0.1) is 16.1 Å². The fourth-order valence-electron chi connectivity index (χ4n) is 2.75. The van der Waals surface area contributed by atoms with Crippen LogP contribution in [0.4, 0.5) is 4.39 Å². The van der Waals surface area contributed by atoms with Gasteiger partial charge in [-0.1, -0.05) is 11.6 Å². The molecule has 2 aromatic rings. The number of H-pyrrole nitrogens is 1. The number of hydrogen-bond acceptors (Lipinski definition) is 2. The van der Waals surface area contributed by atoms with Gasteiger partial charge in [-0.25, -0.2) is 4.39 Å². The average molecular weight is 300 g/mol. The van der Waals surface area contributed by atoms with E-state index in [0.717, 1.165) is 18.6 Å². The summed E-state index contributed by atoms with van der Waals surface area (Å²) in [6.45, 7) is 1.94.